The third kappa shape index (κ3) is 6.08. The Morgan fingerprint density at radius 3 is 2.58 bits per heavy atom. The van der Waals surface area contributed by atoms with Gasteiger partial charge in [0.2, 0.25) is 0 Å². The Bertz CT molecular complexity index is 542. The summed E-state index contributed by atoms with van der Waals surface area (Å²) in [5.74, 6) is 0.380. The standard InChI is InChI=1S/C21H31NO4/c1-24-21(23)13-17-7-9-19(10-8-17)26-20-11-12-22(14-20)16-25-15-18-5-3-2-4-6-18/h2-6,17,19-20H,7-16H2,1H3. The first kappa shape index (κ1) is 19.3. The molecule has 1 aromatic rings. The number of esters is 1. The number of carbonyl (C=O) groups excluding carboxylic acids is 1. The number of likely N-dealkylation sites (tertiary alicyclic amines) is 1. The molecule has 1 saturated carbocycles. The zero-order valence-corrected chi connectivity index (χ0v) is 15.8. The van der Waals surface area contributed by atoms with Crippen LogP contribution in [0.4, 0.5) is 0 Å². The van der Waals surface area contributed by atoms with Gasteiger partial charge in [-0.1, -0.05) is 30.3 Å². The SMILES string of the molecule is COC(=O)CC1CCC(OC2CCN(COCc3ccccc3)C2)CC1. The van der Waals surface area contributed by atoms with E-state index in [1.165, 1.54) is 12.7 Å². The molecule has 5 nitrogen and oxygen atoms in total. The van der Waals surface area contributed by atoms with Gasteiger partial charge in [0.1, 0.15) is 0 Å². The van der Waals surface area contributed by atoms with E-state index in [0.29, 0.717) is 37.9 Å². The number of ether oxygens (including phenoxy) is 3. The Balaban J connectivity index is 1.29. The molecular formula is C21H31NO4. The van der Waals surface area contributed by atoms with Crippen molar-refractivity contribution in [3.8, 4) is 0 Å². The maximum absolute atomic E-state index is 11.4. The summed E-state index contributed by atoms with van der Waals surface area (Å²) in [5.41, 5.74) is 1.21. The van der Waals surface area contributed by atoms with Gasteiger partial charge in [0.05, 0.1) is 32.7 Å². The first-order chi connectivity index (χ1) is 12.7. The highest BCUT2D eigenvalue weighted by Gasteiger charge is 2.29. The van der Waals surface area contributed by atoms with Crippen molar-refractivity contribution in [3.63, 3.8) is 0 Å². The van der Waals surface area contributed by atoms with Crippen LogP contribution in [-0.2, 0) is 25.6 Å². The average molecular weight is 361 g/mol. The fourth-order valence-corrected chi connectivity index (χ4v) is 3.96. The van der Waals surface area contributed by atoms with Crippen molar-refractivity contribution in [3.05, 3.63) is 35.9 Å². The lowest BCUT2D eigenvalue weighted by Gasteiger charge is -2.30. The summed E-state index contributed by atoms with van der Waals surface area (Å²) < 4.78 is 16.9. The number of methoxy groups -OCH3 is 1. The summed E-state index contributed by atoms with van der Waals surface area (Å²) in [4.78, 5) is 13.7. The number of hydrogen-bond donors (Lipinski definition) is 0. The second kappa shape index (κ2) is 10.0. The summed E-state index contributed by atoms with van der Waals surface area (Å²) in [5, 5.41) is 0. The van der Waals surface area contributed by atoms with Gasteiger partial charge in [0, 0.05) is 19.5 Å². The first-order valence-electron chi connectivity index (χ1n) is 9.79. The Kier molecular flexibility index (Phi) is 7.47. The van der Waals surface area contributed by atoms with E-state index in [0.717, 1.165) is 45.2 Å². The van der Waals surface area contributed by atoms with Crippen LogP contribution in [-0.4, -0.2) is 50.0 Å². The summed E-state index contributed by atoms with van der Waals surface area (Å²) >= 11 is 0. The molecular weight excluding hydrogens is 330 g/mol. The van der Waals surface area contributed by atoms with Crippen LogP contribution >= 0.6 is 0 Å². The molecule has 0 radical (unpaired) electrons. The van der Waals surface area contributed by atoms with Crippen molar-refractivity contribution in [2.45, 2.75) is 57.3 Å². The molecule has 1 aromatic carbocycles. The lowest BCUT2D eigenvalue weighted by molar-refractivity contribution is -0.142. The molecule has 1 saturated heterocycles. The van der Waals surface area contributed by atoms with Gasteiger partial charge in [-0.05, 0) is 43.6 Å². The monoisotopic (exact) mass is 361 g/mol. The first-order valence-corrected chi connectivity index (χ1v) is 9.79. The summed E-state index contributed by atoms with van der Waals surface area (Å²) in [6.45, 7) is 3.32. The van der Waals surface area contributed by atoms with Crippen LogP contribution < -0.4 is 0 Å². The van der Waals surface area contributed by atoms with Gasteiger partial charge < -0.3 is 14.2 Å². The molecule has 0 N–H and O–H groups in total. The molecule has 144 valence electrons. The maximum Gasteiger partial charge on any atom is 0.305 e. The fourth-order valence-electron chi connectivity index (χ4n) is 3.96. The molecule has 2 fully saturated rings. The van der Waals surface area contributed by atoms with Gasteiger partial charge in [-0.25, -0.2) is 0 Å². The molecule has 1 heterocycles. The van der Waals surface area contributed by atoms with Gasteiger partial charge in [-0.2, -0.15) is 0 Å². The van der Waals surface area contributed by atoms with Crippen LogP contribution in [0.15, 0.2) is 30.3 Å². The molecule has 2 aliphatic rings. The number of hydrogen-bond acceptors (Lipinski definition) is 5. The van der Waals surface area contributed by atoms with E-state index >= 15 is 0 Å². The van der Waals surface area contributed by atoms with Crippen molar-refractivity contribution < 1.29 is 19.0 Å². The highest BCUT2D eigenvalue weighted by atomic mass is 16.5. The van der Waals surface area contributed by atoms with Crippen molar-refractivity contribution in [1.29, 1.82) is 0 Å². The lowest BCUT2D eigenvalue weighted by Crippen LogP contribution is -2.30. The normalized spacial score (nSPS) is 26.7. The number of rotatable bonds is 8. The number of benzene rings is 1. The van der Waals surface area contributed by atoms with Gasteiger partial charge in [0.15, 0.2) is 0 Å². The second-order valence-electron chi connectivity index (χ2n) is 7.51. The van der Waals surface area contributed by atoms with E-state index in [1.54, 1.807) is 0 Å². The largest absolute Gasteiger partial charge is 0.469 e. The molecule has 1 aliphatic heterocycles. The molecule has 26 heavy (non-hydrogen) atoms. The third-order valence-electron chi connectivity index (χ3n) is 5.48. The third-order valence-corrected chi connectivity index (χ3v) is 5.48. The molecule has 3 rings (SSSR count). The van der Waals surface area contributed by atoms with Crippen LogP contribution in [0.2, 0.25) is 0 Å². The van der Waals surface area contributed by atoms with Gasteiger partial charge in [0.25, 0.3) is 0 Å². The maximum atomic E-state index is 11.4. The molecule has 1 unspecified atom stereocenters. The molecule has 0 spiro atoms. The highest BCUT2D eigenvalue weighted by Crippen LogP contribution is 2.30. The van der Waals surface area contributed by atoms with Crippen LogP contribution in [0.3, 0.4) is 0 Å². The van der Waals surface area contributed by atoms with Crippen LogP contribution in [0, 0.1) is 5.92 Å². The van der Waals surface area contributed by atoms with E-state index in [1.807, 2.05) is 18.2 Å². The van der Waals surface area contributed by atoms with Crippen molar-refractivity contribution in [2.24, 2.45) is 5.92 Å². The van der Waals surface area contributed by atoms with E-state index in [2.05, 4.69) is 17.0 Å². The Hall–Kier alpha value is -1.43. The summed E-state index contributed by atoms with van der Waals surface area (Å²) in [6, 6.07) is 10.3. The van der Waals surface area contributed by atoms with E-state index in [9.17, 15) is 4.79 Å². The predicted molar refractivity (Wildman–Crippen MR) is 99.5 cm³/mol. The Morgan fingerprint density at radius 1 is 1.08 bits per heavy atom. The van der Waals surface area contributed by atoms with E-state index in [-0.39, 0.29) is 5.97 Å². The van der Waals surface area contributed by atoms with Crippen molar-refractivity contribution >= 4 is 5.97 Å². The fraction of sp³-hybridized carbons (Fsp3) is 0.667. The topological polar surface area (TPSA) is 48.0 Å². The minimum Gasteiger partial charge on any atom is -0.469 e. The van der Waals surface area contributed by atoms with Gasteiger partial charge >= 0.3 is 5.97 Å². The van der Waals surface area contributed by atoms with Crippen molar-refractivity contribution in [2.75, 3.05) is 26.9 Å². The molecule has 5 heteroatoms. The van der Waals surface area contributed by atoms with Gasteiger partial charge in [-0.15, -0.1) is 0 Å². The quantitative estimate of drug-likeness (QED) is 0.665. The minimum absolute atomic E-state index is 0.0868. The molecule has 0 amide bonds. The lowest BCUT2D eigenvalue weighted by atomic mass is 9.85. The van der Waals surface area contributed by atoms with Crippen LogP contribution in [0.25, 0.3) is 0 Å². The molecule has 1 atom stereocenters. The Morgan fingerprint density at radius 2 is 1.85 bits per heavy atom. The number of nitrogens with zero attached hydrogens (tertiary/aromatic N) is 1. The van der Waals surface area contributed by atoms with Crippen LogP contribution in [0.5, 0.6) is 0 Å². The number of carbonyl (C=O) groups is 1. The molecule has 0 aromatic heterocycles. The van der Waals surface area contributed by atoms with Crippen LogP contribution in [0.1, 0.15) is 44.1 Å². The summed E-state index contributed by atoms with van der Waals surface area (Å²) in [6.07, 6.45) is 6.55. The van der Waals surface area contributed by atoms with Crippen molar-refractivity contribution in [1.82, 2.24) is 4.90 Å². The highest BCUT2D eigenvalue weighted by molar-refractivity contribution is 5.69. The molecule has 0 bridgehead atoms. The smallest absolute Gasteiger partial charge is 0.305 e. The van der Waals surface area contributed by atoms with E-state index in [4.69, 9.17) is 14.2 Å². The zero-order chi connectivity index (χ0) is 18.2. The summed E-state index contributed by atoms with van der Waals surface area (Å²) in [7, 11) is 1.46. The predicted octanol–water partition coefficient (Wildman–Crippen LogP) is 3.37. The molecule has 1 aliphatic carbocycles. The second-order valence-corrected chi connectivity index (χ2v) is 7.51. The minimum atomic E-state index is -0.0868. The Labute approximate surface area is 156 Å². The zero-order valence-electron chi connectivity index (χ0n) is 15.8. The van der Waals surface area contributed by atoms with E-state index < -0.39 is 0 Å². The van der Waals surface area contributed by atoms with Gasteiger partial charge in [-0.3, -0.25) is 9.69 Å². The average Bonchev–Trinajstić information content (AvgIpc) is 3.11.